The van der Waals surface area contributed by atoms with E-state index in [1.807, 2.05) is 0 Å². The summed E-state index contributed by atoms with van der Waals surface area (Å²) in [6.07, 6.45) is -4.38. The fourth-order valence-electron chi connectivity index (χ4n) is 4.58. The molecule has 202 valence electrons. The minimum atomic E-state index is -4.83. The highest BCUT2D eigenvalue weighted by Gasteiger charge is 2.50. The molecule has 3 heterocycles. The third kappa shape index (κ3) is 4.68. The van der Waals surface area contributed by atoms with Crippen LogP contribution in [0.5, 0.6) is 0 Å². The summed E-state index contributed by atoms with van der Waals surface area (Å²) in [6.45, 7) is 0.139. The first kappa shape index (κ1) is 25.9. The molecule has 0 spiro atoms. The van der Waals surface area contributed by atoms with Gasteiger partial charge in [-0.2, -0.15) is 13.2 Å². The molecule has 2 aromatic heterocycles. The Kier molecular flexibility index (Phi) is 6.32. The number of hydrogen-bond acceptors (Lipinski definition) is 5. The van der Waals surface area contributed by atoms with Crippen molar-refractivity contribution in [3.8, 4) is 5.69 Å². The molecule has 0 bridgehead atoms. The van der Waals surface area contributed by atoms with Crippen LogP contribution < -0.4 is 15.6 Å². The third-order valence-corrected chi connectivity index (χ3v) is 6.58. The molecule has 1 saturated heterocycles. The van der Waals surface area contributed by atoms with Gasteiger partial charge in [0, 0.05) is 31.4 Å². The monoisotopic (exact) mass is 544 g/mol. The van der Waals surface area contributed by atoms with E-state index in [1.54, 1.807) is 5.32 Å². The molecular weight excluding hydrogens is 525 g/mol. The minimum Gasteiger partial charge on any atom is -0.391 e. The molecule has 1 saturated carbocycles. The van der Waals surface area contributed by atoms with Crippen LogP contribution in [0.3, 0.4) is 0 Å². The van der Waals surface area contributed by atoms with E-state index in [9.17, 15) is 41.0 Å². The molecule has 1 amide bonds. The first-order valence-corrected chi connectivity index (χ1v) is 11.6. The number of aromatic nitrogens is 2. The molecule has 1 aromatic carbocycles. The van der Waals surface area contributed by atoms with E-state index in [0.717, 1.165) is 0 Å². The van der Waals surface area contributed by atoms with Crippen LogP contribution in [0, 0.1) is 29.2 Å². The van der Waals surface area contributed by atoms with Crippen molar-refractivity contribution in [2.45, 2.75) is 37.6 Å². The van der Waals surface area contributed by atoms with Crippen LogP contribution in [0.15, 0.2) is 29.2 Å². The summed E-state index contributed by atoms with van der Waals surface area (Å²) in [5, 5.41) is 10.9. The molecule has 2 N–H and O–H groups in total. The number of nitrogens with zero attached hydrogens (tertiary/aromatic N) is 3. The molecule has 5 rings (SSSR count). The third-order valence-electron chi connectivity index (χ3n) is 6.58. The van der Waals surface area contributed by atoms with Gasteiger partial charge in [0.15, 0.2) is 28.9 Å². The number of nitrogens with one attached hydrogen (secondary N) is 1. The Morgan fingerprint density at radius 1 is 1.05 bits per heavy atom. The Bertz CT molecular complexity index is 1480. The number of amides is 1. The summed E-state index contributed by atoms with van der Waals surface area (Å²) in [4.78, 5) is 31.4. The molecule has 1 unspecified atom stereocenters. The maximum Gasteiger partial charge on any atom is 0.408 e. The van der Waals surface area contributed by atoms with Crippen LogP contribution in [0.25, 0.3) is 16.7 Å². The normalized spacial score (nSPS) is 18.7. The fraction of sp³-hybridized carbons (Fsp3) is 0.375. The van der Waals surface area contributed by atoms with Gasteiger partial charge in [-0.05, 0) is 31.2 Å². The van der Waals surface area contributed by atoms with E-state index < -0.39 is 81.1 Å². The number of hydrogen-bond donors (Lipinski definition) is 2. The largest absolute Gasteiger partial charge is 0.408 e. The molecule has 1 aliphatic carbocycles. The predicted octanol–water partition coefficient (Wildman–Crippen LogP) is 3.58. The number of carbonyl (C=O) groups excluding carboxylic acids is 1. The lowest BCUT2D eigenvalue weighted by Gasteiger charge is -2.22. The van der Waals surface area contributed by atoms with Crippen molar-refractivity contribution < 1.29 is 40.6 Å². The van der Waals surface area contributed by atoms with Crippen molar-refractivity contribution in [1.82, 2.24) is 14.9 Å². The highest BCUT2D eigenvalue weighted by Crippen LogP contribution is 2.40. The number of rotatable bonds is 5. The molecular formula is C24H19F7N4O3. The SMILES string of the molecule is O=C(NC(C1CC1)C(F)(F)F)c1cn(-c2c(F)cc(F)cc2F)c2nc(N3CC[C@H](O)C3)c(F)cc2c1=O. The Labute approximate surface area is 209 Å². The lowest BCUT2D eigenvalue weighted by Crippen LogP contribution is -2.48. The van der Waals surface area contributed by atoms with Crippen LogP contribution in [0.2, 0.25) is 0 Å². The van der Waals surface area contributed by atoms with Gasteiger partial charge >= 0.3 is 6.18 Å². The van der Waals surface area contributed by atoms with Crippen LogP contribution in [0.4, 0.5) is 36.6 Å². The Balaban J connectivity index is 1.72. The summed E-state index contributed by atoms with van der Waals surface area (Å²) in [5.74, 6) is -8.06. The Hall–Kier alpha value is -3.68. The molecule has 14 heteroatoms. The molecule has 0 radical (unpaired) electrons. The zero-order valence-electron chi connectivity index (χ0n) is 19.3. The lowest BCUT2D eigenvalue weighted by atomic mass is 10.1. The highest BCUT2D eigenvalue weighted by molar-refractivity contribution is 5.97. The number of carbonyl (C=O) groups is 1. The molecule has 38 heavy (non-hydrogen) atoms. The molecule has 3 aromatic rings. The average molecular weight is 544 g/mol. The van der Waals surface area contributed by atoms with Crippen molar-refractivity contribution in [2.75, 3.05) is 18.0 Å². The van der Waals surface area contributed by atoms with Gasteiger partial charge in [-0.1, -0.05) is 0 Å². The second-order valence-electron chi connectivity index (χ2n) is 9.34. The lowest BCUT2D eigenvalue weighted by molar-refractivity contribution is -0.158. The van der Waals surface area contributed by atoms with Crippen molar-refractivity contribution in [1.29, 1.82) is 0 Å². The smallest absolute Gasteiger partial charge is 0.391 e. The van der Waals surface area contributed by atoms with Crippen LogP contribution in [-0.4, -0.2) is 52.0 Å². The number of benzene rings is 1. The summed E-state index contributed by atoms with van der Waals surface area (Å²) in [7, 11) is 0. The van der Waals surface area contributed by atoms with E-state index >= 15 is 4.39 Å². The quantitative estimate of drug-likeness (QED) is 0.480. The van der Waals surface area contributed by atoms with E-state index in [-0.39, 0.29) is 38.2 Å². The number of aliphatic hydroxyl groups excluding tert-OH is 1. The van der Waals surface area contributed by atoms with Crippen LogP contribution >= 0.6 is 0 Å². The van der Waals surface area contributed by atoms with E-state index in [2.05, 4.69) is 4.98 Å². The summed E-state index contributed by atoms with van der Waals surface area (Å²) in [5.41, 5.74) is -3.72. The van der Waals surface area contributed by atoms with Gasteiger partial charge in [-0.15, -0.1) is 0 Å². The summed E-state index contributed by atoms with van der Waals surface area (Å²) in [6, 6.07) is -0.984. The van der Waals surface area contributed by atoms with Crippen molar-refractivity contribution in [3.63, 3.8) is 0 Å². The minimum absolute atomic E-state index is 0.0284. The first-order chi connectivity index (χ1) is 17.8. The molecule has 2 atom stereocenters. The number of β-amino-alcohol motifs (C(OH)–C–C–N with tert-alkyl or cyclic N) is 1. The number of halogens is 7. The zero-order chi connectivity index (χ0) is 27.5. The Morgan fingerprint density at radius 3 is 2.26 bits per heavy atom. The van der Waals surface area contributed by atoms with E-state index in [1.165, 1.54) is 4.90 Å². The van der Waals surface area contributed by atoms with Crippen LogP contribution in [-0.2, 0) is 0 Å². The maximum atomic E-state index is 15.1. The van der Waals surface area contributed by atoms with Gasteiger partial charge in [0.25, 0.3) is 5.91 Å². The number of pyridine rings is 2. The second kappa shape index (κ2) is 9.26. The van der Waals surface area contributed by atoms with Crippen molar-refractivity contribution in [3.05, 3.63) is 63.5 Å². The van der Waals surface area contributed by atoms with E-state index in [4.69, 9.17) is 0 Å². The Morgan fingerprint density at radius 2 is 1.71 bits per heavy atom. The van der Waals surface area contributed by atoms with Crippen molar-refractivity contribution >= 4 is 22.8 Å². The molecule has 2 fully saturated rings. The number of anilines is 1. The number of aliphatic hydroxyl groups is 1. The molecule has 2 aliphatic rings. The summed E-state index contributed by atoms with van der Waals surface area (Å²) >= 11 is 0. The van der Waals surface area contributed by atoms with Gasteiger partial charge in [-0.3, -0.25) is 14.2 Å². The molecule has 7 nitrogen and oxygen atoms in total. The van der Waals surface area contributed by atoms with Gasteiger partial charge in [-0.25, -0.2) is 22.5 Å². The van der Waals surface area contributed by atoms with Gasteiger partial charge in [0.05, 0.1) is 11.5 Å². The van der Waals surface area contributed by atoms with Gasteiger partial charge < -0.3 is 15.3 Å². The second-order valence-corrected chi connectivity index (χ2v) is 9.34. The van der Waals surface area contributed by atoms with Crippen LogP contribution in [0.1, 0.15) is 29.6 Å². The fourth-order valence-corrected chi connectivity index (χ4v) is 4.58. The van der Waals surface area contributed by atoms with E-state index in [0.29, 0.717) is 29.0 Å². The summed E-state index contributed by atoms with van der Waals surface area (Å²) < 4.78 is 99.3. The number of alkyl halides is 3. The topological polar surface area (TPSA) is 87.5 Å². The standard InChI is InChI=1S/C24H19F7N4O3/c25-11-5-15(26)18(16(27)6-11)35-9-14(23(38)32-20(10-1-2-10)24(29,30)31)19(37)13-7-17(28)22(33-21(13)35)34-4-3-12(36)8-34/h5-7,9-10,12,20,36H,1-4,8H2,(H,32,38)/t12-,20?/m0/s1. The maximum absolute atomic E-state index is 15.1. The van der Waals surface area contributed by atoms with Crippen molar-refractivity contribution in [2.24, 2.45) is 5.92 Å². The van der Waals surface area contributed by atoms with Gasteiger partial charge in [0.2, 0.25) is 5.43 Å². The first-order valence-electron chi connectivity index (χ1n) is 11.6. The number of fused-ring (bicyclic) bond motifs is 1. The van der Waals surface area contributed by atoms with Gasteiger partial charge in [0.1, 0.15) is 23.1 Å². The zero-order valence-corrected chi connectivity index (χ0v) is 19.3. The highest BCUT2D eigenvalue weighted by atomic mass is 19.4. The predicted molar refractivity (Wildman–Crippen MR) is 120 cm³/mol. The molecule has 1 aliphatic heterocycles. The average Bonchev–Trinajstić information content (AvgIpc) is 3.56.